The van der Waals surface area contributed by atoms with Crippen LogP contribution in [0.25, 0.3) is 0 Å². The summed E-state index contributed by atoms with van der Waals surface area (Å²) in [7, 11) is 0. The number of halogens is 2. The van der Waals surface area contributed by atoms with E-state index in [9.17, 15) is 0 Å². The Morgan fingerprint density at radius 1 is 0.433 bits per heavy atom. The van der Waals surface area contributed by atoms with E-state index < -0.39 is 0 Å². The normalized spacial score (nSPS) is 12.7. The number of benzene rings is 4. The minimum Gasteiger partial charge on any atom is -0.376 e. The summed E-state index contributed by atoms with van der Waals surface area (Å²) in [6.07, 6.45) is 0. The molecular formula is C26H22Br2N2. The van der Waals surface area contributed by atoms with Crippen LogP contribution in [0.5, 0.6) is 0 Å². The van der Waals surface area contributed by atoms with Crippen LogP contribution in [-0.2, 0) is 0 Å². The highest BCUT2D eigenvalue weighted by molar-refractivity contribution is 9.10. The van der Waals surface area contributed by atoms with Crippen LogP contribution < -0.4 is 10.6 Å². The molecule has 0 spiro atoms. The van der Waals surface area contributed by atoms with Gasteiger partial charge in [0.15, 0.2) is 0 Å². The molecular weight excluding hydrogens is 500 g/mol. The minimum atomic E-state index is -0.0260. The molecule has 0 aliphatic carbocycles. The van der Waals surface area contributed by atoms with Crippen molar-refractivity contribution in [2.45, 2.75) is 12.1 Å². The molecule has 0 saturated carbocycles. The fraction of sp³-hybridized carbons (Fsp3) is 0.0769. The Morgan fingerprint density at radius 2 is 0.767 bits per heavy atom. The van der Waals surface area contributed by atoms with Crippen molar-refractivity contribution in [3.63, 3.8) is 0 Å². The summed E-state index contributed by atoms with van der Waals surface area (Å²) in [5, 5.41) is 7.54. The Labute approximate surface area is 194 Å². The lowest BCUT2D eigenvalue weighted by Gasteiger charge is -2.32. The van der Waals surface area contributed by atoms with Crippen LogP contribution in [0, 0.1) is 0 Å². The number of anilines is 2. The standard InChI is InChI=1S/C26H22Br2N2/c27-23-17-9-7-15-21(23)25(29-19-11-3-1-4-12-19)26(22-16-8-10-18-24(22)28)30-20-13-5-2-6-14-20/h1-18,25-26,29-30H. The highest BCUT2D eigenvalue weighted by atomic mass is 79.9. The predicted octanol–water partition coefficient (Wildman–Crippen LogP) is 8.22. The second-order valence-corrected chi connectivity index (χ2v) is 8.73. The maximum absolute atomic E-state index is 3.78. The van der Waals surface area contributed by atoms with Gasteiger partial charge in [0.05, 0.1) is 12.1 Å². The van der Waals surface area contributed by atoms with Crippen molar-refractivity contribution in [2.75, 3.05) is 10.6 Å². The summed E-state index contributed by atoms with van der Waals surface area (Å²) in [5.74, 6) is 0. The number of nitrogens with one attached hydrogen (secondary N) is 2. The van der Waals surface area contributed by atoms with Crippen molar-refractivity contribution in [1.29, 1.82) is 0 Å². The molecule has 4 rings (SSSR count). The maximum Gasteiger partial charge on any atom is 0.0768 e. The van der Waals surface area contributed by atoms with Crippen molar-refractivity contribution >= 4 is 43.2 Å². The number of hydrogen-bond acceptors (Lipinski definition) is 2. The molecule has 0 radical (unpaired) electrons. The first-order chi connectivity index (χ1) is 14.7. The second kappa shape index (κ2) is 9.96. The van der Waals surface area contributed by atoms with Gasteiger partial charge in [-0.15, -0.1) is 0 Å². The molecule has 2 N–H and O–H groups in total. The van der Waals surface area contributed by atoms with Crippen LogP contribution in [0.3, 0.4) is 0 Å². The van der Waals surface area contributed by atoms with E-state index in [1.165, 1.54) is 11.1 Å². The first kappa shape index (κ1) is 20.7. The van der Waals surface area contributed by atoms with E-state index in [0.29, 0.717) is 0 Å². The fourth-order valence-corrected chi connectivity index (χ4v) is 4.63. The average Bonchev–Trinajstić information content (AvgIpc) is 2.79. The number of para-hydroxylation sites is 2. The summed E-state index contributed by atoms with van der Waals surface area (Å²) in [4.78, 5) is 0. The molecule has 2 atom stereocenters. The summed E-state index contributed by atoms with van der Waals surface area (Å²) < 4.78 is 2.15. The van der Waals surface area contributed by atoms with Crippen molar-refractivity contribution in [3.05, 3.63) is 129 Å². The van der Waals surface area contributed by atoms with Gasteiger partial charge in [0.2, 0.25) is 0 Å². The van der Waals surface area contributed by atoms with Gasteiger partial charge in [0.25, 0.3) is 0 Å². The van der Waals surface area contributed by atoms with Crippen LogP contribution in [0.4, 0.5) is 11.4 Å². The van der Waals surface area contributed by atoms with Crippen molar-refractivity contribution in [2.24, 2.45) is 0 Å². The molecule has 0 aromatic heterocycles. The van der Waals surface area contributed by atoms with E-state index in [-0.39, 0.29) is 12.1 Å². The molecule has 0 saturated heterocycles. The van der Waals surface area contributed by atoms with Gasteiger partial charge in [-0.1, -0.05) is 105 Å². The Balaban J connectivity index is 1.83. The van der Waals surface area contributed by atoms with E-state index in [4.69, 9.17) is 0 Å². The van der Waals surface area contributed by atoms with Gasteiger partial charge in [-0.25, -0.2) is 0 Å². The first-order valence-corrected chi connectivity index (χ1v) is 11.4. The van der Waals surface area contributed by atoms with E-state index in [2.05, 4.69) is 127 Å². The summed E-state index contributed by atoms with van der Waals surface area (Å²) >= 11 is 7.55. The van der Waals surface area contributed by atoms with Crippen LogP contribution in [-0.4, -0.2) is 0 Å². The van der Waals surface area contributed by atoms with Gasteiger partial charge >= 0.3 is 0 Å². The average molecular weight is 522 g/mol. The second-order valence-electron chi connectivity index (χ2n) is 7.02. The minimum absolute atomic E-state index is 0.0260. The van der Waals surface area contributed by atoms with E-state index in [1.807, 2.05) is 24.3 Å². The molecule has 4 aromatic rings. The summed E-state index contributed by atoms with van der Waals surface area (Å²) in [5.41, 5.74) is 4.52. The highest BCUT2D eigenvalue weighted by Gasteiger charge is 2.28. The zero-order chi connectivity index (χ0) is 20.8. The Kier molecular flexibility index (Phi) is 6.88. The number of rotatable bonds is 7. The molecule has 0 fully saturated rings. The molecule has 2 nitrogen and oxygen atoms in total. The third kappa shape index (κ3) is 4.94. The van der Waals surface area contributed by atoms with Crippen molar-refractivity contribution in [3.8, 4) is 0 Å². The quantitative estimate of drug-likeness (QED) is 0.256. The van der Waals surface area contributed by atoms with E-state index in [1.54, 1.807) is 0 Å². The first-order valence-electron chi connectivity index (χ1n) is 9.84. The lowest BCUT2D eigenvalue weighted by molar-refractivity contribution is 0.645. The topological polar surface area (TPSA) is 24.1 Å². The zero-order valence-corrected chi connectivity index (χ0v) is 19.5. The molecule has 30 heavy (non-hydrogen) atoms. The highest BCUT2D eigenvalue weighted by Crippen LogP contribution is 2.40. The van der Waals surface area contributed by atoms with Crippen LogP contribution in [0.1, 0.15) is 23.2 Å². The smallest absolute Gasteiger partial charge is 0.0768 e. The molecule has 0 bridgehead atoms. The Morgan fingerprint density at radius 3 is 1.13 bits per heavy atom. The fourth-order valence-electron chi connectivity index (χ4n) is 3.56. The monoisotopic (exact) mass is 520 g/mol. The van der Waals surface area contributed by atoms with Crippen LogP contribution in [0.15, 0.2) is 118 Å². The predicted molar refractivity (Wildman–Crippen MR) is 134 cm³/mol. The lowest BCUT2D eigenvalue weighted by Crippen LogP contribution is -2.26. The van der Waals surface area contributed by atoms with Crippen LogP contribution >= 0.6 is 31.9 Å². The Bertz CT molecular complexity index is 995. The third-order valence-electron chi connectivity index (χ3n) is 5.01. The summed E-state index contributed by atoms with van der Waals surface area (Å²) in [6, 6.07) is 37.4. The number of hydrogen-bond donors (Lipinski definition) is 2. The van der Waals surface area contributed by atoms with Gasteiger partial charge in [-0.05, 0) is 47.5 Å². The SMILES string of the molecule is Brc1ccccc1C(Nc1ccccc1)C(Nc1ccccc1)c1ccccc1Br. The van der Waals surface area contributed by atoms with Crippen LogP contribution in [0.2, 0.25) is 0 Å². The van der Waals surface area contributed by atoms with Gasteiger partial charge < -0.3 is 10.6 Å². The van der Waals surface area contributed by atoms with E-state index in [0.717, 1.165) is 20.3 Å². The molecule has 0 aliphatic heterocycles. The lowest BCUT2D eigenvalue weighted by atomic mass is 9.92. The largest absolute Gasteiger partial charge is 0.376 e. The third-order valence-corrected chi connectivity index (χ3v) is 6.45. The molecule has 2 unspecified atom stereocenters. The van der Waals surface area contributed by atoms with Gasteiger partial charge in [-0.2, -0.15) is 0 Å². The molecule has 150 valence electrons. The van der Waals surface area contributed by atoms with Gasteiger partial charge in [0, 0.05) is 20.3 Å². The molecule has 0 heterocycles. The molecule has 0 aliphatic rings. The van der Waals surface area contributed by atoms with E-state index >= 15 is 0 Å². The zero-order valence-electron chi connectivity index (χ0n) is 16.3. The molecule has 4 aromatic carbocycles. The molecule has 0 amide bonds. The maximum atomic E-state index is 3.78. The Hall–Kier alpha value is -2.56. The van der Waals surface area contributed by atoms with Gasteiger partial charge in [0.1, 0.15) is 0 Å². The van der Waals surface area contributed by atoms with Crippen molar-refractivity contribution < 1.29 is 0 Å². The van der Waals surface area contributed by atoms with Crippen molar-refractivity contribution in [1.82, 2.24) is 0 Å². The van der Waals surface area contributed by atoms with Gasteiger partial charge in [-0.3, -0.25) is 0 Å². The molecule has 4 heteroatoms. The summed E-state index contributed by atoms with van der Waals surface area (Å²) in [6.45, 7) is 0.